The summed E-state index contributed by atoms with van der Waals surface area (Å²) in [6, 6.07) is 19.1. The maximum atomic E-state index is 14.0. The van der Waals surface area contributed by atoms with Gasteiger partial charge in [0.2, 0.25) is 11.8 Å². The summed E-state index contributed by atoms with van der Waals surface area (Å²) < 4.78 is 34.7. The molecule has 0 bridgehead atoms. The Balaban J connectivity index is 2.09. The van der Waals surface area contributed by atoms with Crippen LogP contribution in [0.15, 0.2) is 77.7 Å². The molecule has 0 heterocycles. The lowest BCUT2D eigenvalue weighted by Crippen LogP contribution is -2.51. The molecule has 0 saturated carbocycles. The van der Waals surface area contributed by atoms with E-state index in [4.69, 9.17) is 16.3 Å². The molecule has 0 aliphatic rings. The van der Waals surface area contributed by atoms with Gasteiger partial charge in [0.15, 0.2) is 0 Å². The second kappa shape index (κ2) is 13.5. The van der Waals surface area contributed by atoms with Crippen molar-refractivity contribution in [2.75, 3.05) is 24.0 Å². The molecule has 0 aliphatic heterocycles. The van der Waals surface area contributed by atoms with Gasteiger partial charge in [0.1, 0.15) is 18.3 Å². The molecular formula is C29H34ClN3O5S. The number of benzene rings is 3. The highest BCUT2D eigenvalue weighted by Crippen LogP contribution is 2.33. The van der Waals surface area contributed by atoms with Gasteiger partial charge in [-0.3, -0.25) is 13.9 Å². The quantitative estimate of drug-likeness (QED) is 0.337. The van der Waals surface area contributed by atoms with Crippen LogP contribution in [-0.4, -0.2) is 50.9 Å². The van der Waals surface area contributed by atoms with Gasteiger partial charge in [-0.2, -0.15) is 0 Å². The Bertz CT molecular complexity index is 1400. The van der Waals surface area contributed by atoms with E-state index in [0.29, 0.717) is 23.9 Å². The van der Waals surface area contributed by atoms with Crippen LogP contribution in [0, 0.1) is 6.92 Å². The standard InChI is InChI=1S/C29H34ClN3O5S/c1-5-31-29(35)22(4)32(19-23-12-8-7-11-21(23)3)28(34)20-33(26-13-9-10-14-27(26)38-6-2)39(36,37)25-17-15-24(30)16-18-25/h7-18,22H,5-6,19-20H2,1-4H3,(H,31,35). The molecule has 2 amide bonds. The minimum atomic E-state index is -4.23. The van der Waals surface area contributed by atoms with Gasteiger partial charge in [-0.25, -0.2) is 8.42 Å². The lowest BCUT2D eigenvalue weighted by Gasteiger charge is -2.32. The fraction of sp³-hybridized carbons (Fsp3) is 0.310. The zero-order chi connectivity index (χ0) is 28.6. The van der Waals surface area contributed by atoms with Gasteiger partial charge in [-0.15, -0.1) is 0 Å². The predicted molar refractivity (Wildman–Crippen MR) is 153 cm³/mol. The lowest BCUT2D eigenvalue weighted by atomic mass is 10.1. The van der Waals surface area contributed by atoms with Gasteiger partial charge in [0.05, 0.1) is 17.2 Å². The molecular weight excluding hydrogens is 538 g/mol. The van der Waals surface area contributed by atoms with Crippen molar-refractivity contribution in [1.82, 2.24) is 10.2 Å². The van der Waals surface area contributed by atoms with Crippen LogP contribution in [-0.2, 0) is 26.2 Å². The van der Waals surface area contributed by atoms with Crippen LogP contribution in [0.25, 0.3) is 0 Å². The fourth-order valence-corrected chi connectivity index (χ4v) is 5.61. The fourth-order valence-electron chi connectivity index (χ4n) is 4.06. The summed E-state index contributed by atoms with van der Waals surface area (Å²) >= 11 is 6.00. The molecule has 3 aromatic rings. The Morgan fingerprint density at radius 3 is 2.26 bits per heavy atom. The summed E-state index contributed by atoms with van der Waals surface area (Å²) in [7, 11) is -4.23. The van der Waals surface area contributed by atoms with Crippen LogP contribution in [0.5, 0.6) is 5.75 Å². The monoisotopic (exact) mass is 571 g/mol. The number of hydrogen-bond donors (Lipinski definition) is 1. The molecule has 0 saturated heterocycles. The molecule has 208 valence electrons. The highest BCUT2D eigenvalue weighted by Gasteiger charge is 2.33. The number of para-hydroxylation sites is 2. The number of aryl methyl sites for hydroxylation is 1. The second-order valence-corrected chi connectivity index (χ2v) is 11.2. The number of sulfonamides is 1. The largest absolute Gasteiger partial charge is 0.492 e. The molecule has 0 aliphatic carbocycles. The van der Waals surface area contributed by atoms with E-state index in [1.165, 1.54) is 29.2 Å². The van der Waals surface area contributed by atoms with Crippen molar-refractivity contribution in [1.29, 1.82) is 0 Å². The first-order valence-corrected chi connectivity index (χ1v) is 14.5. The number of hydrogen-bond acceptors (Lipinski definition) is 5. The molecule has 1 N–H and O–H groups in total. The maximum Gasteiger partial charge on any atom is 0.264 e. The zero-order valence-electron chi connectivity index (χ0n) is 22.6. The second-order valence-electron chi connectivity index (χ2n) is 8.89. The number of nitrogens with zero attached hydrogens (tertiary/aromatic N) is 2. The zero-order valence-corrected chi connectivity index (χ0v) is 24.1. The van der Waals surface area contributed by atoms with Gasteiger partial charge >= 0.3 is 0 Å². The third-order valence-corrected chi connectivity index (χ3v) is 8.26. The summed E-state index contributed by atoms with van der Waals surface area (Å²) in [4.78, 5) is 28.2. The first kappa shape index (κ1) is 30.0. The van der Waals surface area contributed by atoms with Gasteiger partial charge in [0, 0.05) is 18.1 Å². The Kier molecular flexibility index (Phi) is 10.4. The van der Waals surface area contributed by atoms with Crippen molar-refractivity contribution < 1.29 is 22.7 Å². The molecule has 3 aromatic carbocycles. The average Bonchev–Trinajstić information content (AvgIpc) is 2.91. The van der Waals surface area contributed by atoms with E-state index in [1.54, 1.807) is 45.0 Å². The number of anilines is 1. The maximum absolute atomic E-state index is 14.0. The Hall–Kier alpha value is -3.56. The van der Waals surface area contributed by atoms with Gasteiger partial charge in [-0.05, 0) is 75.2 Å². The highest BCUT2D eigenvalue weighted by atomic mass is 35.5. The van der Waals surface area contributed by atoms with E-state index in [2.05, 4.69) is 5.32 Å². The number of rotatable bonds is 12. The van der Waals surface area contributed by atoms with Crippen molar-refractivity contribution in [2.24, 2.45) is 0 Å². The van der Waals surface area contributed by atoms with E-state index in [1.807, 2.05) is 31.2 Å². The van der Waals surface area contributed by atoms with Crippen LogP contribution in [0.3, 0.4) is 0 Å². The van der Waals surface area contributed by atoms with Crippen molar-refractivity contribution in [3.63, 3.8) is 0 Å². The van der Waals surface area contributed by atoms with Crippen molar-refractivity contribution >= 4 is 39.1 Å². The minimum Gasteiger partial charge on any atom is -0.492 e. The molecule has 0 radical (unpaired) electrons. The van der Waals surface area contributed by atoms with Gasteiger partial charge < -0.3 is 15.0 Å². The van der Waals surface area contributed by atoms with Crippen molar-refractivity contribution in [2.45, 2.75) is 45.2 Å². The third kappa shape index (κ3) is 7.30. The third-order valence-electron chi connectivity index (χ3n) is 6.23. The predicted octanol–water partition coefficient (Wildman–Crippen LogP) is 4.80. The molecule has 8 nitrogen and oxygen atoms in total. The van der Waals surface area contributed by atoms with E-state index < -0.39 is 28.5 Å². The number of amides is 2. The van der Waals surface area contributed by atoms with Crippen LogP contribution in [0.1, 0.15) is 31.9 Å². The average molecular weight is 572 g/mol. The Morgan fingerprint density at radius 2 is 1.62 bits per heavy atom. The summed E-state index contributed by atoms with van der Waals surface area (Å²) in [5.74, 6) is -0.560. The first-order chi connectivity index (χ1) is 18.6. The number of halogens is 1. The van der Waals surface area contributed by atoms with Crippen LogP contribution in [0.2, 0.25) is 5.02 Å². The molecule has 0 aromatic heterocycles. The SMILES string of the molecule is CCNC(=O)C(C)N(Cc1ccccc1C)C(=O)CN(c1ccccc1OCC)S(=O)(=O)c1ccc(Cl)cc1. The number of carbonyl (C=O) groups is 2. The lowest BCUT2D eigenvalue weighted by molar-refractivity contribution is -0.139. The minimum absolute atomic E-state index is 0.0340. The van der Waals surface area contributed by atoms with Crippen molar-refractivity contribution in [3.05, 3.63) is 88.9 Å². The molecule has 0 fully saturated rings. The first-order valence-electron chi connectivity index (χ1n) is 12.7. The van der Waals surface area contributed by atoms with Crippen LogP contribution >= 0.6 is 11.6 Å². The van der Waals surface area contributed by atoms with E-state index in [0.717, 1.165) is 15.4 Å². The molecule has 3 rings (SSSR count). The molecule has 0 spiro atoms. The number of carbonyl (C=O) groups excluding carboxylic acids is 2. The summed E-state index contributed by atoms with van der Waals surface area (Å²) in [6.07, 6.45) is 0. The normalized spacial score (nSPS) is 11.9. The summed E-state index contributed by atoms with van der Waals surface area (Å²) in [5, 5.41) is 3.14. The van der Waals surface area contributed by atoms with E-state index >= 15 is 0 Å². The highest BCUT2D eigenvalue weighted by molar-refractivity contribution is 7.92. The Labute approximate surface area is 235 Å². The number of nitrogens with one attached hydrogen (secondary N) is 1. The van der Waals surface area contributed by atoms with Crippen LogP contribution < -0.4 is 14.4 Å². The topological polar surface area (TPSA) is 96.0 Å². The van der Waals surface area contributed by atoms with E-state index in [-0.39, 0.29) is 23.0 Å². The summed E-state index contributed by atoms with van der Waals surface area (Å²) in [5.41, 5.74) is 2.01. The van der Waals surface area contributed by atoms with Gasteiger partial charge in [0.25, 0.3) is 10.0 Å². The van der Waals surface area contributed by atoms with Crippen molar-refractivity contribution in [3.8, 4) is 5.75 Å². The molecule has 10 heteroatoms. The number of likely N-dealkylation sites (N-methyl/N-ethyl adjacent to an activating group) is 1. The van der Waals surface area contributed by atoms with Gasteiger partial charge in [-0.1, -0.05) is 48.0 Å². The molecule has 1 atom stereocenters. The molecule has 1 unspecified atom stereocenters. The molecule has 39 heavy (non-hydrogen) atoms. The van der Waals surface area contributed by atoms with E-state index in [9.17, 15) is 18.0 Å². The van der Waals surface area contributed by atoms with Crippen LogP contribution in [0.4, 0.5) is 5.69 Å². The smallest absolute Gasteiger partial charge is 0.264 e. The number of ether oxygens (including phenoxy) is 1. The Morgan fingerprint density at radius 1 is 0.974 bits per heavy atom. The summed E-state index contributed by atoms with van der Waals surface area (Å²) in [6.45, 7) is 7.41.